The Hall–Kier alpha value is -1.39. The fraction of sp³-hybridized carbons (Fsp3) is 0.471. The van der Waals surface area contributed by atoms with E-state index in [1.165, 1.54) is 5.56 Å². The zero-order valence-electron chi connectivity index (χ0n) is 13.4. The fourth-order valence-electron chi connectivity index (χ4n) is 1.89. The highest BCUT2D eigenvalue weighted by atomic mass is 32.1. The van der Waals surface area contributed by atoms with Crippen LogP contribution in [0.15, 0.2) is 29.6 Å². The maximum Gasteiger partial charge on any atom is 0.140 e. The summed E-state index contributed by atoms with van der Waals surface area (Å²) >= 11 is 1.66. The third-order valence-electron chi connectivity index (χ3n) is 3.50. The Balaban J connectivity index is 1.95. The van der Waals surface area contributed by atoms with Crippen LogP contribution < -0.4 is 10.1 Å². The zero-order chi connectivity index (χ0) is 15.5. The van der Waals surface area contributed by atoms with Crippen molar-refractivity contribution in [3.05, 3.63) is 45.9 Å². The van der Waals surface area contributed by atoms with Crippen molar-refractivity contribution in [1.82, 2.24) is 10.3 Å². The van der Waals surface area contributed by atoms with E-state index in [2.05, 4.69) is 55.5 Å². The highest BCUT2D eigenvalue weighted by molar-refractivity contribution is 7.09. The molecule has 0 saturated carbocycles. The van der Waals surface area contributed by atoms with Crippen LogP contribution in [0.25, 0.3) is 0 Å². The van der Waals surface area contributed by atoms with E-state index in [1.807, 2.05) is 19.2 Å². The molecule has 0 radical (unpaired) electrons. The monoisotopic (exact) mass is 304 g/mol. The molecule has 1 heterocycles. The molecule has 2 aromatic rings. The van der Waals surface area contributed by atoms with E-state index in [0.717, 1.165) is 16.5 Å². The molecule has 1 N–H and O–H groups in total. The van der Waals surface area contributed by atoms with Gasteiger partial charge >= 0.3 is 0 Å². The standard InChI is InChI=1S/C17H24N2OS/c1-12(18-5)13-6-8-14(9-7-13)20-10-16-19-15(11-21-16)17(2,3)4/h6-9,11-12,18H,10H2,1-5H3. The van der Waals surface area contributed by atoms with E-state index in [0.29, 0.717) is 12.6 Å². The van der Waals surface area contributed by atoms with Crippen molar-refractivity contribution in [2.45, 2.75) is 45.8 Å². The van der Waals surface area contributed by atoms with Gasteiger partial charge in [0.15, 0.2) is 0 Å². The number of hydrogen-bond donors (Lipinski definition) is 1. The topological polar surface area (TPSA) is 34.1 Å². The third-order valence-corrected chi connectivity index (χ3v) is 4.32. The lowest BCUT2D eigenvalue weighted by atomic mass is 9.93. The molecule has 0 amide bonds. The van der Waals surface area contributed by atoms with Crippen molar-refractivity contribution in [2.24, 2.45) is 0 Å². The van der Waals surface area contributed by atoms with E-state index in [1.54, 1.807) is 11.3 Å². The van der Waals surface area contributed by atoms with Crippen LogP contribution in [0.4, 0.5) is 0 Å². The van der Waals surface area contributed by atoms with Crippen LogP contribution in [0.2, 0.25) is 0 Å². The maximum absolute atomic E-state index is 5.81. The number of hydrogen-bond acceptors (Lipinski definition) is 4. The van der Waals surface area contributed by atoms with Gasteiger partial charge in [0.1, 0.15) is 17.4 Å². The number of benzene rings is 1. The van der Waals surface area contributed by atoms with Crippen LogP contribution >= 0.6 is 11.3 Å². The van der Waals surface area contributed by atoms with Crippen LogP contribution in [0.1, 0.15) is 50.0 Å². The van der Waals surface area contributed by atoms with Gasteiger partial charge in [-0.1, -0.05) is 32.9 Å². The lowest BCUT2D eigenvalue weighted by Gasteiger charge is -2.14. The summed E-state index contributed by atoms with van der Waals surface area (Å²) in [7, 11) is 1.96. The van der Waals surface area contributed by atoms with Crippen molar-refractivity contribution < 1.29 is 4.74 Å². The lowest BCUT2D eigenvalue weighted by Crippen LogP contribution is -2.12. The molecular formula is C17H24N2OS. The predicted molar refractivity (Wildman–Crippen MR) is 89.1 cm³/mol. The van der Waals surface area contributed by atoms with Gasteiger partial charge in [-0.25, -0.2) is 4.98 Å². The van der Waals surface area contributed by atoms with Crippen molar-refractivity contribution in [1.29, 1.82) is 0 Å². The number of rotatable bonds is 5. The SMILES string of the molecule is CNC(C)c1ccc(OCc2nc(C(C)(C)C)cs2)cc1. The Bertz CT molecular complexity index is 569. The van der Waals surface area contributed by atoms with Gasteiger partial charge in [0.2, 0.25) is 0 Å². The summed E-state index contributed by atoms with van der Waals surface area (Å²) in [6.45, 7) is 9.19. The predicted octanol–water partition coefficient (Wildman–Crippen LogP) is 4.30. The molecule has 0 aliphatic heterocycles. The summed E-state index contributed by atoms with van der Waals surface area (Å²) in [5.74, 6) is 0.884. The van der Waals surface area contributed by atoms with Crippen molar-refractivity contribution in [2.75, 3.05) is 7.05 Å². The summed E-state index contributed by atoms with van der Waals surface area (Å²) in [4.78, 5) is 4.64. The zero-order valence-corrected chi connectivity index (χ0v) is 14.3. The minimum atomic E-state index is 0.0969. The number of nitrogens with zero attached hydrogens (tertiary/aromatic N) is 1. The molecule has 0 aliphatic carbocycles. The first-order valence-corrected chi connectivity index (χ1v) is 8.13. The molecule has 1 aromatic heterocycles. The van der Waals surface area contributed by atoms with E-state index < -0.39 is 0 Å². The summed E-state index contributed by atoms with van der Waals surface area (Å²) in [5, 5.41) is 6.37. The van der Waals surface area contributed by atoms with Crippen molar-refractivity contribution in [3.63, 3.8) is 0 Å². The molecule has 0 spiro atoms. The van der Waals surface area contributed by atoms with Crippen LogP contribution in [0, 0.1) is 0 Å². The van der Waals surface area contributed by atoms with E-state index in [4.69, 9.17) is 4.74 Å². The van der Waals surface area contributed by atoms with Gasteiger partial charge in [-0.2, -0.15) is 0 Å². The van der Waals surface area contributed by atoms with Gasteiger partial charge in [-0.3, -0.25) is 0 Å². The maximum atomic E-state index is 5.81. The molecule has 0 bridgehead atoms. The average molecular weight is 304 g/mol. The molecule has 1 aromatic carbocycles. The summed E-state index contributed by atoms with van der Waals surface area (Å²) in [5.41, 5.74) is 2.48. The van der Waals surface area contributed by atoms with Gasteiger partial charge in [-0.05, 0) is 31.7 Å². The highest BCUT2D eigenvalue weighted by Crippen LogP contribution is 2.25. The summed E-state index contributed by atoms with van der Waals surface area (Å²) < 4.78 is 5.81. The lowest BCUT2D eigenvalue weighted by molar-refractivity contribution is 0.304. The van der Waals surface area contributed by atoms with Gasteiger partial charge < -0.3 is 10.1 Å². The van der Waals surface area contributed by atoms with Crippen molar-refractivity contribution in [3.8, 4) is 5.75 Å². The minimum absolute atomic E-state index is 0.0969. The highest BCUT2D eigenvalue weighted by Gasteiger charge is 2.17. The molecule has 0 aliphatic rings. The van der Waals surface area contributed by atoms with E-state index in [9.17, 15) is 0 Å². The van der Waals surface area contributed by atoms with Gasteiger partial charge in [-0.15, -0.1) is 11.3 Å². The molecule has 1 atom stereocenters. The molecule has 4 heteroatoms. The molecule has 21 heavy (non-hydrogen) atoms. The molecule has 0 fully saturated rings. The number of ether oxygens (including phenoxy) is 1. The molecule has 1 unspecified atom stereocenters. The molecule has 114 valence electrons. The molecule has 3 nitrogen and oxygen atoms in total. The minimum Gasteiger partial charge on any atom is -0.486 e. The summed E-state index contributed by atoms with van der Waals surface area (Å²) in [6.07, 6.45) is 0. The molecule has 0 saturated heterocycles. The van der Waals surface area contributed by atoms with Crippen LogP contribution in [0.5, 0.6) is 5.75 Å². The van der Waals surface area contributed by atoms with Gasteiger partial charge in [0, 0.05) is 16.8 Å². The first-order chi connectivity index (χ1) is 9.90. The average Bonchev–Trinajstić information content (AvgIpc) is 2.94. The molecular weight excluding hydrogens is 280 g/mol. The largest absolute Gasteiger partial charge is 0.486 e. The fourth-order valence-corrected chi connectivity index (χ4v) is 2.82. The number of thiazole rings is 1. The second-order valence-corrected chi connectivity index (χ2v) is 7.19. The number of aromatic nitrogens is 1. The normalized spacial score (nSPS) is 13.2. The Labute approximate surface area is 131 Å². The van der Waals surface area contributed by atoms with Crippen LogP contribution in [0.3, 0.4) is 0 Å². The van der Waals surface area contributed by atoms with Crippen molar-refractivity contribution >= 4 is 11.3 Å². The quantitative estimate of drug-likeness (QED) is 0.894. The first kappa shape index (κ1) is 16.0. The Morgan fingerprint density at radius 2 is 1.90 bits per heavy atom. The van der Waals surface area contributed by atoms with Gasteiger partial charge in [0.05, 0.1) is 5.69 Å². The Kier molecular flexibility index (Phi) is 5.01. The molecule has 2 rings (SSSR count). The number of nitrogens with one attached hydrogen (secondary N) is 1. The second kappa shape index (κ2) is 6.58. The van der Waals surface area contributed by atoms with E-state index >= 15 is 0 Å². The Morgan fingerprint density at radius 3 is 2.43 bits per heavy atom. The Morgan fingerprint density at radius 1 is 1.24 bits per heavy atom. The van der Waals surface area contributed by atoms with Crippen LogP contribution in [-0.2, 0) is 12.0 Å². The smallest absolute Gasteiger partial charge is 0.140 e. The first-order valence-electron chi connectivity index (χ1n) is 7.25. The van der Waals surface area contributed by atoms with Gasteiger partial charge in [0.25, 0.3) is 0 Å². The van der Waals surface area contributed by atoms with Crippen LogP contribution in [-0.4, -0.2) is 12.0 Å². The third kappa shape index (κ3) is 4.29. The second-order valence-electron chi connectivity index (χ2n) is 6.24. The summed E-state index contributed by atoms with van der Waals surface area (Å²) in [6, 6.07) is 8.58. The van der Waals surface area contributed by atoms with E-state index in [-0.39, 0.29) is 5.41 Å².